The van der Waals surface area contributed by atoms with Crippen molar-refractivity contribution in [1.29, 1.82) is 0 Å². The van der Waals surface area contributed by atoms with E-state index in [0.717, 1.165) is 45.8 Å². The number of nitrogens with one attached hydrogen (secondary N) is 2. The Balaban J connectivity index is 1.14. The van der Waals surface area contributed by atoms with Crippen molar-refractivity contribution >= 4 is 40.5 Å². The van der Waals surface area contributed by atoms with E-state index in [4.69, 9.17) is 14.0 Å². The number of aromatic nitrogens is 1. The molecule has 0 spiro atoms. The summed E-state index contributed by atoms with van der Waals surface area (Å²) in [7, 11) is 1.12. The predicted octanol–water partition coefficient (Wildman–Crippen LogP) is 7.56. The van der Waals surface area contributed by atoms with E-state index in [1.165, 1.54) is 6.42 Å². The molecule has 47 heavy (non-hydrogen) atoms. The number of benzene rings is 3. The average molecular weight is 635 g/mol. The van der Waals surface area contributed by atoms with Crippen LogP contribution >= 0.6 is 0 Å². The van der Waals surface area contributed by atoms with Crippen molar-refractivity contribution in [3.05, 3.63) is 78.0 Å². The molecule has 7 nitrogen and oxygen atoms in total. The molecule has 1 saturated heterocycles. The number of para-hydroxylation sites is 1. The molecule has 1 aromatic heterocycles. The quantitative estimate of drug-likeness (QED) is 0.131. The number of carbonyl (C=O) groups is 2. The highest BCUT2D eigenvalue weighted by Crippen LogP contribution is 2.65. The van der Waals surface area contributed by atoms with E-state index >= 15 is 0 Å². The van der Waals surface area contributed by atoms with Gasteiger partial charge in [0.25, 0.3) is 0 Å². The molecule has 246 valence electrons. The summed E-state index contributed by atoms with van der Waals surface area (Å²) in [6.07, 6.45) is 5.42. The number of aromatic amines is 1. The van der Waals surface area contributed by atoms with Crippen LogP contribution in [0.25, 0.3) is 21.7 Å². The Hall–Kier alpha value is -3.62. The van der Waals surface area contributed by atoms with Gasteiger partial charge in [0, 0.05) is 35.0 Å². The van der Waals surface area contributed by atoms with Crippen LogP contribution in [0.2, 0.25) is 0 Å². The summed E-state index contributed by atoms with van der Waals surface area (Å²) in [4.78, 5) is 31.6. The summed E-state index contributed by atoms with van der Waals surface area (Å²) in [5.41, 5.74) is 2.51. The van der Waals surface area contributed by atoms with Crippen molar-refractivity contribution in [2.45, 2.75) is 84.4 Å². The summed E-state index contributed by atoms with van der Waals surface area (Å²) in [5, 5.41) is 6.38. The van der Waals surface area contributed by atoms with Gasteiger partial charge >= 0.3 is 7.12 Å². The van der Waals surface area contributed by atoms with Crippen LogP contribution < -0.4 is 10.1 Å². The van der Waals surface area contributed by atoms with Crippen LogP contribution in [0, 0.1) is 29.1 Å². The zero-order chi connectivity index (χ0) is 33.1. The maximum atomic E-state index is 14.4. The van der Waals surface area contributed by atoms with E-state index in [9.17, 15) is 9.59 Å². The highest BCUT2D eigenvalue weighted by Gasteiger charge is 2.68. The van der Waals surface area contributed by atoms with Crippen LogP contribution in [0.5, 0.6) is 5.75 Å². The summed E-state index contributed by atoms with van der Waals surface area (Å²) in [6, 6.07) is 19.6. The fourth-order valence-corrected chi connectivity index (χ4v) is 8.81. The van der Waals surface area contributed by atoms with Gasteiger partial charge < -0.3 is 24.3 Å². The molecule has 2 bridgehead atoms. The number of rotatable bonds is 11. The van der Waals surface area contributed by atoms with Gasteiger partial charge in [0.1, 0.15) is 5.75 Å². The summed E-state index contributed by atoms with van der Waals surface area (Å²) < 4.78 is 18.9. The SMILES string of the molecule is COc1ccc2cc(C(=O)C[C@@H](Cc3c[nH]c4ccccc34)C(=O)N[C@@H](CC(C)C)B3O[C@@H]4C[C@@H]5C[C@@H](C5(C)C)[C@]4(C)O3)ccc2c1. The number of hydrogen-bond acceptors (Lipinski definition) is 5. The van der Waals surface area contributed by atoms with Crippen LogP contribution in [0.4, 0.5) is 0 Å². The number of ether oxygens (including phenoxy) is 1. The summed E-state index contributed by atoms with van der Waals surface area (Å²) in [6.45, 7) is 11.2. The van der Waals surface area contributed by atoms with Crippen molar-refractivity contribution in [2.24, 2.45) is 29.1 Å². The molecule has 0 unspecified atom stereocenters. The maximum absolute atomic E-state index is 14.4. The number of hydrogen-bond donors (Lipinski definition) is 2. The zero-order valence-electron chi connectivity index (χ0n) is 28.5. The van der Waals surface area contributed by atoms with Crippen LogP contribution in [0.1, 0.15) is 76.2 Å². The third-order valence-electron chi connectivity index (χ3n) is 11.7. The molecule has 1 aliphatic heterocycles. The standard InChI is InChI=1S/C39H47BN2O5/c1-23(2)15-36(40-46-35-21-29-20-34(38(29,3)4)39(35,5)47-40)42-37(44)27(17-28-22-41-32-10-8-7-9-31(28)32)19-33(43)26-12-11-25-18-30(45-6)14-13-24(25)16-26/h7-14,16,18,22-23,27,29,34-36,41H,15,17,19-21H2,1-6H3,(H,42,44)/t27-,29+,34+,35-,36+,39+/m1/s1. The Bertz CT molecular complexity index is 1820. The lowest BCUT2D eigenvalue weighted by Crippen LogP contribution is -2.65. The van der Waals surface area contributed by atoms with Gasteiger partial charge in [0.05, 0.1) is 24.8 Å². The van der Waals surface area contributed by atoms with Crippen molar-refractivity contribution < 1.29 is 23.6 Å². The fraction of sp³-hybridized carbons (Fsp3) is 0.487. The van der Waals surface area contributed by atoms with Crippen LogP contribution in [-0.4, -0.2) is 48.5 Å². The lowest BCUT2D eigenvalue weighted by atomic mass is 9.43. The molecule has 4 aliphatic rings. The molecule has 4 aromatic rings. The molecular weight excluding hydrogens is 587 g/mol. The Morgan fingerprint density at radius 3 is 2.57 bits per heavy atom. The number of Topliss-reactive ketones (excluding diaryl/α,β-unsaturated/α-hetero) is 1. The first-order chi connectivity index (χ1) is 22.5. The van der Waals surface area contributed by atoms with Crippen LogP contribution in [-0.2, 0) is 20.5 Å². The summed E-state index contributed by atoms with van der Waals surface area (Å²) >= 11 is 0. The van der Waals surface area contributed by atoms with Crippen LogP contribution in [0.3, 0.4) is 0 Å². The number of H-pyrrole nitrogens is 1. The first-order valence-corrected chi connectivity index (χ1v) is 17.3. The van der Waals surface area contributed by atoms with Gasteiger partial charge in [-0.15, -0.1) is 0 Å². The third-order valence-corrected chi connectivity index (χ3v) is 11.7. The first-order valence-electron chi connectivity index (χ1n) is 17.3. The molecular formula is C39H47BN2O5. The maximum Gasteiger partial charge on any atom is 0.481 e. The Morgan fingerprint density at radius 2 is 1.81 bits per heavy atom. The number of amides is 1. The minimum Gasteiger partial charge on any atom is -0.497 e. The normalized spacial score (nSPS) is 25.8. The van der Waals surface area contributed by atoms with E-state index in [0.29, 0.717) is 29.7 Å². The van der Waals surface area contributed by atoms with Crippen LogP contribution in [0.15, 0.2) is 66.9 Å². The molecule has 6 atom stereocenters. The second-order valence-electron chi connectivity index (χ2n) is 15.4. The first kappa shape index (κ1) is 32.0. The van der Waals surface area contributed by atoms with Crippen molar-refractivity contribution in [3.8, 4) is 5.75 Å². The van der Waals surface area contributed by atoms with E-state index in [2.05, 4.69) is 51.0 Å². The Kier molecular flexibility index (Phi) is 8.24. The van der Waals surface area contributed by atoms with Gasteiger partial charge in [-0.25, -0.2) is 0 Å². The Labute approximate surface area is 278 Å². The lowest BCUT2D eigenvalue weighted by Gasteiger charge is -2.64. The zero-order valence-corrected chi connectivity index (χ0v) is 28.5. The highest BCUT2D eigenvalue weighted by molar-refractivity contribution is 6.47. The molecule has 2 heterocycles. The molecule has 4 fully saturated rings. The summed E-state index contributed by atoms with van der Waals surface area (Å²) in [5.74, 6) is 1.08. The van der Waals surface area contributed by atoms with E-state index in [1.807, 2.05) is 60.8 Å². The molecule has 2 N–H and O–H groups in total. The smallest absolute Gasteiger partial charge is 0.481 e. The molecule has 8 heteroatoms. The highest BCUT2D eigenvalue weighted by atomic mass is 16.7. The third kappa shape index (κ3) is 5.78. The Morgan fingerprint density at radius 1 is 1.04 bits per heavy atom. The largest absolute Gasteiger partial charge is 0.497 e. The van der Waals surface area contributed by atoms with Gasteiger partial charge in [0.2, 0.25) is 5.91 Å². The minimum atomic E-state index is -0.575. The molecule has 0 radical (unpaired) electrons. The van der Waals surface area contributed by atoms with E-state index in [-0.39, 0.29) is 41.2 Å². The second kappa shape index (κ2) is 12.1. The second-order valence-corrected chi connectivity index (χ2v) is 15.4. The van der Waals surface area contributed by atoms with E-state index in [1.54, 1.807) is 7.11 Å². The minimum absolute atomic E-state index is 0.0345. The topological polar surface area (TPSA) is 89.7 Å². The van der Waals surface area contributed by atoms with Gasteiger partial charge in [-0.05, 0) is 96.4 Å². The predicted molar refractivity (Wildman–Crippen MR) is 186 cm³/mol. The number of ketones is 1. The number of methoxy groups -OCH3 is 1. The fourth-order valence-electron chi connectivity index (χ4n) is 8.81. The van der Waals surface area contributed by atoms with Gasteiger partial charge in [-0.2, -0.15) is 0 Å². The van der Waals surface area contributed by atoms with Crippen molar-refractivity contribution in [2.75, 3.05) is 7.11 Å². The van der Waals surface area contributed by atoms with Gasteiger partial charge in [-0.3, -0.25) is 9.59 Å². The lowest BCUT2D eigenvalue weighted by molar-refractivity contribution is -0.199. The molecule has 3 saturated carbocycles. The molecule has 1 amide bonds. The molecule has 3 aromatic carbocycles. The van der Waals surface area contributed by atoms with Gasteiger partial charge in [0.15, 0.2) is 5.78 Å². The molecule has 3 aliphatic carbocycles. The van der Waals surface area contributed by atoms with E-state index < -0.39 is 13.0 Å². The average Bonchev–Trinajstić information content (AvgIpc) is 3.63. The van der Waals surface area contributed by atoms with Gasteiger partial charge in [-0.1, -0.05) is 64.1 Å². The molecule has 8 rings (SSSR count). The van der Waals surface area contributed by atoms with Crippen molar-refractivity contribution in [3.63, 3.8) is 0 Å². The number of fused-ring (bicyclic) bond motifs is 2. The number of carbonyl (C=O) groups excluding carboxylic acids is 2. The monoisotopic (exact) mass is 634 g/mol. The van der Waals surface area contributed by atoms with Crippen molar-refractivity contribution in [1.82, 2.24) is 10.3 Å².